The Balaban J connectivity index is 1.46. The first-order valence-electron chi connectivity index (χ1n) is 11.0. The molecule has 7 nitrogen and oxygen atoms in total. The number of ether oxygens (including phenoxy) is 2. The summed E-state index contributed by atoms with van der Waals surface area (Å²) in [6.45, 7) is 2.14. The predicted octanol–water partition coefficient (Wildman–Crippen LogP) is 3.35. The number of rotatable bonds is 10. The summed E-state index contributed by atoms with van der Waals surface area (Å²) in [5.41, 5.74) is 1.77. The van der Waals surface area contributed by atoms with Gasteiger partial charge in [0.1, 0.15) is 11.5 Å². The largest absolute Gasteiger partial charge is 0.497 e. The van der Waals surface area contributed by atoms with Crippen molar-refractivity contribution in [3.05, 3.63) is 53.6 Å². The van der Waals surface area contributed by atoms with Crippen LogP contribution in [-0.2, 0) is 21.2 Å². The number of carbonyl (C=O) groups excluding carboxylic acids is 1. The van der Waals surface area contributed by atoms with Gasteiger partial charge in [0.2, 0.25) is 10.0 Å². The number of benzene rings is 2. The van der Waals surface area contributed by atoms with Gasteiger partial charge in [0.25, 0.3) is 5.91 Å². The maximum absolute atomic E-state index is 12.7. The van der Waals surface area contributed by atoms with E-state index in [0.29, 0.717) is 24.3 Å². The number of hydrogen-bond acceptors (Lipinski definition) is 5. The molecule has 0 radical (unpaired) electrons. The Hall–Kier alpha value is -2.58. The lowest BCUT2D eigenvalue weighted by Gasteiger charge is -2.22. The van der Waals surface area contributed by atoms with E-state index in [4.69, 9.17) is 9.47 Å². The first-order chi connectivity index (χ1) is 15.4. The molecule has 0 aliphatic heterocycles. The summed E-state index contributed by atoms with van der Waals surface area (Å²) in [4.78, 5) is 12.3. The molecule has 174 valence electrons. The lowest BCUT2D eigenvalue weighted by molar-refractivity contribution is -0.123. The van der Waals surface area contributed by atoms with Crippen LogP contribution in [0.5, 0.6) is 11.5 Å². The Labute approximate surface area is 190 Å². The number of nitrogens with one attached hydrogen (secondary N) is 2. The van der Waals surface area contributed by atoms with Gasteiger partial charge in [-0.15, -0.1) is 0 Å². The second-order valence-electron chi connectivity index (χ2n) is 8.12. The molecule has 0 heterocycles. The summed E-state index contributed by atoms with van der Waals surface area (Å²) < 4.78 is 38.9. The molecule has 0 aromatic heterocycles. The fraction of sp³-hybridized carbons (Fsp3) is 0.458. The standard InChI is InChI=1S/C24H32N2O5S/c1-18-16-22(32(28,29)26-20-6-4-3-5-7-20)12-13-23(18)31-17-24(27)25-15-14-19-8-10-21(30-2)11-9-19/h8-13,16,20,26H,3-7,14-15,17H2,1-2H3,(H,25,27). The Morgan fingerprint density at radius 1 is 1.06 bits per heavy atom. The normalized spacial score (nSPS) is 14.7. The molecule has 32 heavy (non-hydrogen) atoms. The third kappa shape index (κ3) is 6.97. The minimum Gasteiger partial charge on any atom is -0.497 e. The molecule has 2 N–H and O–H groups in total. The zero-order valence-corrected chi connectivity index (χ0v) is 19.5. The molecule has 2 aromatic carbocycles. The third-order valence-electron chi connectivity index (χ3n) is 5.64. The van der Waals surface area contributed by atoms with Gasteiger partial charge in [0, 0.05) is 12.6 Å². The van der Waals surface area contributed by atoms with Crippen molar-refractivity contribution in [3.8, 4) is 11.5 Å². The van der Waals surface area contributed by atoms with Gasteiger partial charge in [-0.25, -0.2) is 13.1 Å². The molecule has 8 heteroatoms. The molecule has 3 rings (SSSR count). The minimum atomic E-state index is -3.57. The van der Waals surface area contributed by atoms with Gasteiger partial charge in [-0.05, 0) is 67.6 Å². The Morgan fingerprint density at radius 3 is 2.44 bits per heavy atom. The second kappa shape index (κ2) is 11.3. The van der Waals surface area contributed by atoms with E-state index in [9.17, 15) is 13.2 Å². The minimum absolute atomic E-state index is 0.00611. The monoisotopic (exact) mass is 460 g/mol. The number of aryl methyl sites for hydroxylation is 1. The summed E-state index contributed by atoms with van der Waals surface area (Å²) >= 11 is 0. The van der Waals surface area contributed by atoms with Crippen molar-refractivity contribution in [1.82, 2.24) is 10.0 Å². The second-order valence-corrected chi connectivity index (χ2v) is 9.83. The molecule has 1 aliphatic rings. The van der Waals surface area contributed by atoms with Crippen LogP contribution in [0.15, 0.2) is 47.4 Å². The van der Waals surface area contributed by atoms with Crippen molar-refractivity contribution >= 4 is 15.9 Å². The van der Waals surface area contributed by atoms with Gasteiger partial charge >= 0.3 is 0 Å². The van der Waals surface area contributed by atoms with Crippen LogP contribution in [0.1, 0.15) is 43.2 Å². The molecule has 1 aliphatic carbocycles. The molecule has 2 aromatic rings. The summed E-state index contributed by atoms with van der Waals surface area (Å²) in [6.07, 6.45) is 5.75. The molecule has 0 atom stereocenters. The van der Waals surface area contributed by atoms with E-state index in [1.165, 1.54) is 12.5 Å². The highest BCUT2D eigenvalue weighted by Gasteiger charge is 2.22. The van der Waals surface area contributed by atoms with E-state index in [0.717, 1.165) is 37.0 Å². The van der Waals surface area contributed by atoms with E-state index >= 15 is 0 Å². The van der Waals surface area contributed by atoms with Crippen molar-refractivity contribution in [2.24, 2.45) is 0 Å². The van der Waals surface area contributed by atoms with Crippen LogP contribution in [-0.4, -0.2) is 40.6 Å². The number of amides is 1. The molecular weight excluding hydrogens is 428 g/mol. The van der Waals surface area contributed by atoms with E-state index < -0.39 is 10.0 Å². The highest BCUT2D eigenvalue weighted by Crippen LogP contribution is 2.24. The molecule has 0 spiro atoms. The van der Waals surface area contributed by atoms with Gasteiger partial charge in [0.05, 0.1) is 12.0 Å². The predicted molar refractivity (Wildman–Crippen MR) is 124 cm³/mol. The van der Waals surface area contributed by atoms with Crippen LogP contribution in [0, 0.1) is 6.92 Å². The summed E-state index contributed by atoms with van der Waals surface area (Å²) in [5.74, 6) is 1.06. The van der Waals surface area contributed by atoms with Crippen LogP contribution < -0.4 is 19.5 Å². The fourth-order valence-electron chi connectivity index (χ4n) is 3.79. The van der Waals surface area contributed by atoms with Gasteiger partial charge in [-0.1, -0.05) is 31.4 Å². The Bertz CT molecular complexity index is 1000. The van der Waals surface area contributed by atoms with Crippen LogP contribution in [0.3, 0.4) is 0 Å². The number of hydrogen-bond donors (Lipinski definition) is 2. The average molecular weight is 461 g/mol. The number of carbonyl (C=O) groups is 1. The molecule has 0 bridgehead atoms. The van der Waals surface area contributed by atoms with Crippen molar-refractivity contribution in [2.75, 3.05) is 20.3 Å². The lowest BCUT2D eigenvalue weighted by atomic mass is 9.96. The van der Waals surface area contributed by atoms with Crippen LogP contribution in [0.4, 0.5) is 0 Å². The highest BCUT2D eigenvalue weighted by atomic mass is 32.2. The summed E-state index contributed by atoms with van der Waals surface area (Å²) in [6, 6.07) is 12.4. The Kier molecular flexibility index (Phi) is 8.53. The molecule has 1 fully saturated rings. The Morgan fingerprint density at radius 2 is 1.78 bits per heavy atom. The topological polar surface area (TPSA) is 93.7 Å². The zero-order chi connectivity index (χ0) is 23.0. The first-order valence-corrected chi connectivity index (χ1v) is 12.5. The molecule has 0 saturated heterocycles. The number of methoxy groups -OCH3 is 1. The maximum atomic E-state index is 12.7. The molecule has 0 unspecified atom stereocenters. The van der Waals surface area contributed by atoms with Crippen LogP contribution >= 0.6 is 0 Å². The first kappa shape index (κ1) is 24.1. The van der Waals surface area contributed by atoms with Gasteiger partial charge in [0.15, 0.2) is 6.61 Å². The van der Waals surface area contributed by atoms with Crippen molar-refractivity contribution in [2.45, 2.75) is 56.4 Å². The van der Waals surface area contributed by atoms with Gasteiger partial charge in [-0.2, -0.15) is 0 Å². The summed E-state index contributed by atoms with van der Waals surface area (Å²) in [5, 5.41) is 2.83. The smallest absolute Gasteiger partial charge is 0.257 e. The zero-order valence-electron chi connectivity index (χ0n) is 18.7. The summed E-state index contributed by atoms with van der Waals surface area (Å²) in [7, 11) is -1.94. The SMILES string of the molecule is COc1ccc(CCNC(=O)COc2ccc(S(=O)(=O)NC3CCCCC3)cc2C)cc1. The average Bonchev–Trinajstić information content (AvgIpc) is 2.79. The maximum Gasteiger partial charge on any atom is 0.257 e. The van der Waals surface area contributed by atoms with Crippen molar-refractivity contribution in [1.29, 1.82) is 0 Å². The number of sulfonamides is 1. The van der Waals surface area contributed by atoms with E-state index in [1.54, 1.807) is 26.2 Å². The van der Waals surface area contributed by atoms with E-state index in [-0.39, 0.29) is 23.5 Å². The molecular formula is C24H32N2O5S. The van der Waals surface area contributed by atoms with E-state index in [2.05, 4.69) is 10.0 Å². The van der Waals surface area contributed by atoms with Gasteiger partial charge in [-0.3, -0.25) is 4.79 Å². The van der Waals surface area contributed by atoms with Crippen molar-refractivity contribution < 1.29 is 22.7 Å². The van der Waals surface area contributed by atoms with Gasteiger partial charge < -0.3 is 14.8 Å². The highest BCUT2D eigenvalue weighted by molar-refractivity contribution is 7.89. The van der Waals surface area contributed by atoms with E-state index in [1.807, 2.05) is 24.3 Å². The molecule has 1 amide bonds. The lowest BCUT2D eigenvalue weighted by Crippen LogP contribution is -2.36. The van der Waals surface area contributed by atoms with Crippen LogP contribution in [0.25, 0.3) is 0 Å². The van der Waals surface area contributed by atoms with Crippen LogP contribution in [0.2, 0.25) is 0 Å². The third-order valence-corrected chi connectivity index (χ3v) is 7.16. The van der Waals surface area contributed by atoms with Crippen molar-refractivity contribution in [3.63, 3.8) is 0 Å². The fourth-order valence-corrected chi connectivity index (χ4v) is 5.18. The molecule has 1 saturated carbocycles. The quantitative estimate of drug-likeness (QED) is 0.567.